The number of urea groups is 1. The highest BCUT2D eigenvalue weighted by Gasteiger charge is 2.61. The molecule has 1 N–H and O–H groups in total. The van der Waals surface area contributed by atoms with Crippen molar-refractivity contribution in [1.29, 1.82) is 0 Å². The standard InChI is InChI=1S/C21H24F3N5O2/c1-12-8-15-11-20(10-12,13(2)31-3)29(15)19(30)27-14-4-5-17(21(22,23)24)16(9-14)18-25-6-7-26-28-18/h4-7,9,12-13,15H,8,10-11H2,1-3H3,(H,27,30)/t12-,13?,15?,20+/m1/s1. The Morgan fingerprint density at radius 3 is 2.74 bits per heavy atom. The zero-order valence-electron chi connectivity index (χ0n) is 17.5. The average Bonchev–Trinajstić information content (AvgIpc) is 2.72. The van der Waals surface area contributed by atoms with Gasteiger partial charge in [-0.2, -0.15) is 18.3 Å². The number of ether oxygens (including phenoxy) is 1. The highest BCUT2D eigenvalue weighted by Crippen LogP contribution is 2.52. The molecule has 1 aliphatic heterocycles. The Morgan fingerprint density at radius 1 is 1.32 bits per heavy atom. The number of carbonyl (C=O) groups is 1. The van der Waals surface area contributed by atoms with Gasteiger partial charge in [-0.1, -0.05) is 6.92 Å². The molecule has 2 amide bonds. The highest BCUT2D eigenvalue weighted by atomic mass is 19.4. The zero-order valence-corrected chi connectivity index (χ0v) is 17.5. The van der Waals surface area contributed by atoms with Gasteiger partial charge in [-0.15, -0.1) is 5.10 Å². The lowest BCUT2D eigenvalue weighted by Gasteiger charge is -2.65. The lowest BCUT2D eigenvalue weighted by Crippen LogP contribution is -2.76. The molecule has 31 heavy (non-hydrogen) atoms. The first kappa shape index (κ1) is 21.5. The third-order valence-electron chi connectivity index (χ3n) is 6.44. The molecule has 4 atom stereocenters. The van der Waals surface area contributed by atoms with Crippen molar-refractivity contribution in [3.05, 3.63) is 36.2 Å². The SMILES string of the molecule is COC(C)[C@@]12CC(C[C@@H](C)C1)N2C(=O)Nc1ccc(C(F)(F)F)c(-c2nccnn2)c1. The fourth-order valence-electron chi connectivity index (χ4n) is 5.09. The number of rotatable bonds is 4. The quantitative estimate of drug-likeness (QED) is 0.772. The van der Waals surface area contributed by atoms with Gasteiger partial charge in [0.05, 0.1) is 23.4 Å². The van der Waals surface area contributed by atoms with E-state index in [0.717, 1.165) is 25.3 Å². The van der Waals surface area contributed by atoms with Crippen LogP contribution in [0.2, 0.25) is 0 Å². The van der Waals surface area contributed by atoms with Crippen LogP contribution in [-0.4, -0.2) is 50.9 Å². The van der Waals surface area contributed by atoms with Gasteiger partial charge >= 0.3 is 12.2 Å². The summed E-state index contributed by atoms with van der Waals surface area (Å²) in [6.45, 7) is 4.11. The Morgan fingerprint density at radius 2 is 2.10 bits per heavy atom. The van der Waals surface area contributed by atoms with Gasteiger partial charge in [0.15, 0.2) is 5.82 Å². The highest BCUT2D eigenvalue weighted by molar-refractivity contribution is 5.92. The van der Waals surface area contributed by atoms with E-state index in [1.54, 1.807) is 12.0 Å². The molecule has 1 aromatic carbocycles. The van der Waals surface area contributed by atoms with Crippen LogP contribution in [0.15, 0.2) is 30.6 Å². The molecule has 7 nitrogen and oxygen atoms in total. The van der Waals surface area contributed by atoms with Crippen LogP contribution < -0.4 is 5.32 Å². The van der Waals surface area contributed by atoms with Crippen LogP contribution in [0.4, 0.5) is 23.7 Å². The number of hydrogen-bond acceptors (Lipinski definition) is 5. The smallest absolute Gasteiger partial charge is 0.379 e. The van der Waals surface area contributed by atoms with E-state index in [9.17, 15) is 18.0 Å². The van der Waals surface area contributed by atoms with Crippen molar-refractivity contribution in [2.45, 2.75) is 57.0 Å². The number of fused-ring (bicyclic) bond motifs is 2. The Bertz CT molecular complexity index is 971. The van der Waals surface area contributed by atoms with E-state index in [0.29, 0.717) is 5.92 Å². The molecular weight excluding hydrogens is 411 g/mol. The molecule has 0 spiro atoms. The third-order valence-corrected chi connectivity index (χ3v) is 6.44. The average molecular weight is 435 g/mol. The molecule has 166 valence electrons. The van der Waals surface area contributed by atoms with Crippen molar-refractivity contribution in [1.82, 2.24) is 20.1 Å². The van der Waals surface area contributed by atoms with Crippen LogP contribution in [0.5, 0.6) is 0 Å². The number of methoxy groups -OCH3 is 1. The van der Waals surface area contributed by atoms with Crippen LogP contribution in [-0.2, 0) is 10.9 Å². The number of aromatic nitrogens is 3. The van der Waals surface area contributed by atoms with Gasteiger partial charge in [0.1, 0.15) is 0 Å². The van der Waals surface area contributed by atoms with E-state index in [1.807, 2.05) is 6.92 Å². The minimum atomic E-state index is -4.60. The molecule has 4 rings (SSSR count). The Hall–Kier alpha value is -2.75. The summed E-state index contributed by atoms with van der Waals surface area (Å²) in [4.78, 5) is 18.9. The summed E-state index contributed by atoms with van der Waals surface area (Å²) < 4.78 is 46.1. The number of benzene rings is 1. The molecule has 2 heterocycles. The van der Waals surface area contributed by atoms with E-state index in [2.05, 4.69) is 27.4 Å². The first-order chi connectivity index (χ1) is 14.7. The topological polar surface area (TPSA) is 80.2 Å². The van der Waals surface area contributed by atoms with E-state index in [4.69, 9.17) is 4.74 Å². The molecule has 2 fully saturated rings. The van der Waals surface area contributed by atoms with Gasteiger partial charge in [-0.3, -0.25) is 0 Å². The minimum Gasteiger partial charge on any atom is -0.379 e. The number of anilines is 1. The Labute approximate surface area is 178 Å². The number of alkyl halides is 3. The van der Waals surface area contributed by atoms with E-state index >= 15 is 0 Å². The van der Waals surface area contributed by atoms with Crippen molar-refractivity contribution in [3.8, 4) is 11.4 Å². The number of nitrogens with zero attached hydrogens (tertiary/aromatic N) is 4. The van der Waals surface area contributed by atoms with Crippen LogP contribution >= 0.6 is 0 Å². The predicted molar refractivity (Wildman–Crippen MR) is 107 cm³/mol. The molecule has 0 radical (unpaired) electrons. The summed E-state index contributed by atoms with van der Waals surface area (Å²) >= 11 is 0. The number of hydrogen-bond donors (Lipinski definition) is 1. The molecule has 1 saturated heterocycles. The number of halogens is 3. The molecule has 2 unspecified atom stereocenters. The summed E-state index contributed by atoms with van der Waals surface area (Å²) in [7, 11) is 1.62. The lowest BCUT2D eigenvalue weighted by atomic mass is 9.62. The van der Waals surface area contributed by atoms with Crippen LogP contribution in [0.25, 0.3) is 11.4 Å². The molecule has 10 heteroatoms. The van der Waals surface area contributed by atoms with Gasteiger partial charge in [0.25, 0.3) is 0 Å². The maximum atomic E-state index is 13.5. The van der Waals surface area contributed by atoms with Crippen molar-refractivity contribution >= 4 is 11.7 Å². The lowest BCUT2D eigenvalue weighted by molar-refractivity contribution is -0.155. The normalized spacial score (nSPS) is 26.2. The molecular formula is C21H24F3N5O2. The Kier molecular flexibility index (Phi) is 5.36. The number of carbonyl (C=O) groups excluding carboxylic acids is 1. The van der Waals surface area contributed by atoms with Crippen molar-refractivity contribution in [2.75, 3.05) is 12.4 Å². The van der Waals surface area contributed by atoms with E-state index in [1.165, 1.54) is 24.5 Å². The fourth-order valence-corrected chi connectivity index (χ4v) is 5.09. The van der Waals surface area contributed by atoms with Gasteiger partial charge in [-0.25, -0.2) is 9.78 Å². The molecule has 1 saturated carbocycles. The van der Waals surface area contributed by atoms with Crippen LogP contribution in [0.1, 0.15) is 38.7 Å². The maximum absolute atomic E-state index is 13.5. The largest absolute Gasteiger partial charge is 0.417 e. The van der Waals surface area contributed by atoms with E-state index in [-0.39, 0.29) is 35.3 Å². The minimum absolute atomic E-state index is 0.0944. The maximum Gasteiger partial charge on any atom is 0.417 e. The molecule has 1 aliphatic carbocycles. The summed E-state index contributed by atoms with van der Waals surface area (Å²) in [5.41, 5.74) is -1.30. The predicted octanol–water partition coefficient (Wildman–Crippen LogP) is 4.37. The summed E-state index contributed by atoms with van der Waals surface area (Å²) in [5, 5.41) is 10.1. The summed E-state index contributed by atoms with van der Waals surface area (Å²) in [5.74, 6) is 0.311. The molecule has 2 bridgehead atoms. The van der Waals surface area contributed by atoms with Crippen molar-refractivity contribution < 1.29 is 22.7 Å². The second kappa shape index (κ2) is 7.74. The summed E-state index contributed by atoms with van der Waals surface area (Å²) in [6, 6.07) is 3.16. The molecule has 1 aromatic heterocycles. The second-order valence-electron chi connectivity index (χ2n) is 8.41. The number of likely N-dealkylation sites (tertiary alicyclic amines) is 1. The Balaban J connectivity index is 1.63. The van der Waals surface area contributed by atoms with Crippen molar-refractivity contribution in [3.63, 3.8) is 0 Å². The third kappa shape index (κ3) is 3.73. The number of nitrogens with one attached hydrogen (secondary N) is 1. The van der Waals surface area contributed by atoms with E-state index < -0.39 is 17.3 Å². The fraction of sp³-hybridized carbons (Fsp3) is 0.524. The summed E-state index contributed by atoms with van der Waals surface area (Å²) in [6.07, 6.45) is 0.390. The van der Waals surface area contributed by atoms with Gasteiger partial charge in [-0.05, 0) is 50.3 Å². The molecule has 2 aliphatic rings. The molecule has 2 aromatic rings. The monoisotopic (exact) mass is 435 g/mol. The first-order valence-electron chi connectivity index (χ1n) is 10.1. The van der Waals surface area contributed by atoms with Gasteiger partial charge < -0.3 is 15.0 Å². The number of piperidine rings is 1. The van der Waals surface area contributed by atoms with Gasteiger partial charge in [0.2, 0.25) is 0 Å². The van der Waals surface area contributed by atoms with Gasteiger partial charge in [0, 0.05) is 30.6 Å². The first-order valence-corrected chi connectivity index (χ1v) is 10.1. The van der Waals surface area contributed by atoms with Crippen molar-refractivity contribution in [2.24, 2.45) is 5.92 Å². The van der Waals surface area contributed by atoms with Crippen LogP contribution in [0.3, 0.4) is 0 Å². The second-order valence-corrected chi connectivity index (χ2v) is 8.41. The number of amides is 2. The van der Waals surface area contributed by atoms with Crippen LogP contribution in [0, 0.1) is 5.92 Å². The zero-order chi connectivity index (χ0) is 22.4.